The minimum absolute atomic E-state index is 0.126. The van der Waals surface area contributed by atoms with Crippen molar-refractivity contribution in [2.75, 3.05) is 13.7 Å². The maximum atomic E-state index is 13.3. The van der Waals surface area contributed by atoms with E-state index in [2.05, 4.69) is 33.1 Å². The van der Waals surface area contributed by atoms with Crippen LogP contribution in [0.25, 0.3) is 22.0 Å². The molecule has 37 heavy (non-hydrogen) atoms. The summed E-state index contributed by atoms with van der Waals surface area (Å²) >= 11 is 6.38. The number of methoxy groups -OCH3 is 1. The van der Waals surface area contributed by atoms with Crippen LogP contribution in [-0.4, -0.2) is 40.5 Å². The number of nitrogens with zero attached hydrogens (tertiary/aromatic N) is 2. The minimum atomic E-state index is -0.702. The van der Waals surface area contributed by atoms with E-state index in [1.54, 1.807) is 6.07 Å². The van der Waals surface area contributed by atoms with E-state index >= 15 is 0 Å². The molecule has 0 aliphatic heterocycles. The van der Waals surface area contributed by atoms with Gasteiger partial charge in [-0.2, -0.15) is 0 Å². The lowest BCUT2D eigenvalue weighted by atomic mass is 9.81. The van der Waals surface area contributed by atoms with Gasteiger partial charge in [0.25, 0.3) is 5.91 Å². The highest BCUT2D eigenvalue weighted by Crippen LogP contribution is 2.31. The van der Waals surface area contributed by atoms with Crippen LogP contribution in [0.2, 0.25) is 5.02 Å². The first-order valence-corrected chi connectivity index (χ1v) is 13.2. The Morgan fingerprint density at radius 2 is 1.89 bits per heavy atom. The van der Waals surface area contributed by atoms with Gasteiger partial charge in [-0.1, -0.05) is 48.0 Å². The van der Waals surface area contributed by atoms with Crippen LogP contribution in [0.4, 0.5) is 0 Å². The summed E-state index contributed by atoms with van der Waals surface area (Å²) in [4.78, 5) is 18.0. The molecule has 7 heteroatoms. The lowest BCUT2D eigenvalue weighted by Crippen LogP contribution is -2.34. The molecule has 2 aromatic carbocycles. The van der Waals surface area contributed by atoms with E-state index in [1.165, 1.54) is 7.11 Å². The number of halogens is 1. The number of aliphatic hydroxyl groups is 1. The molecule has 1 fully saturated rings. The molecule has 1 atom stereocenters. The molecule has 2 heterocycles. The van der Waals surface area contributed by atoms with E-state index in [0.717, 1.165) is 53.4 Å². The summed E-state index contributed by atoms with van der Waals surface area (Å²) in [5.74, 6) is 0.431. The van der Waals surface area contributed by atoms with Crippen molar-refractivity contribution in [2.24, 2.45) is 11.8 Å². The number of nitrogens with one attached hydrogen (secondary N) is 1. The van der Waals surface area contributed by atoms with Gasteiger partial charge >= 0.3 is 0 Å². The van der Waals surface area contributed by atoms with Crippen molar-refractivity contribution < 1.29 is 14.6 Å². The molecule has 2 aromatic heterocycles. The minimum Gasteiger partial charge on any atom is -0.368 e. The number of pyridine rings is 1. The average molecular weight is 518 g/mol. The van der Waals surface area contributed by atoms with Gasteiger partial charge in [-0.15, -0.1) is 0 Å². The number of ether oxygens (including phenoxy) is 1. The maximum Gasteiger partial charge on any atom is 0.253 e. The Balaban J connectivity index is 1.29. The lowest BCUT2D eigenvalue weighted by molar-refractivity contribution is -0.122. The van der Waals surface area contributed by atoms with Gasteiger partial charge in [0.05, 0.1) is 23.3 Å². The summed E-state index contributed by atoms with van der Waals surface area (Å²) in [5.41, 5.74) is 4.53. The molecule has 192 valence electrons. The number of benzene rings is 2. The largest absolute Gasteiger partial charge is 0.368 e. The summed E-state index contributed by atoms with van der Waals surface area (Å²) in [5, 5.41) is 14.5. The van der Waals surface area contributed by atoms with E-state index in [4.69, 9.17) is 16.3 Å². The number of hydrogen-bond acceptors (Lipinski definition) is 4. The molecule has 0 bridgehead atoms. The molecule has 1 amide bonds. The molecule has 1 aliphatic rings. The quantitative estimate of drug-likeness (QED) is 0.285. The molecule has 0 spiro atoms. The van der Waals surface area contributed by atoms with Gasteiger partial charge in [0.15, 0.2) is 6.29 Å². The van der Waals surface area contributed by atoms with Gasteiger partial charge in [0.1, 0.15) is 0 Å². The van der Waals surface area contributed by atoms with Gasteiger partial charge < -0.3 is 19.7 Å². The first-order chi connectivity index (χ1) is 18.0. The van der Waals surface area contributed by atoms with Gasteiger partial charge in [-0.25, -0.2) is 0 Å². The summed E-state index contributed by atoms with van der Waals surface area (Å²) < 4.78 is 7.13. The van der Waals surface area contributed by atoms with Crippen LogP contribution in [0.15, 0.2) is 73.1 Å². The fourth-order valence-electron chi connectivity index (χ4n) is 5.31. The number of carbonyl (C=O) groups excluding carboxylic acids is 1. The third-order valence-corrected chi connectivity index (χ3v) is 7.64. The summed E-state index contributed by atoms with van der Waals surface area (Å²) in [6.07, 6.45) is 6.88. The summed E-state index contributed by atoms with van der Waals surface area (Å²) in [7, 11) is 1.54. The standard InChI is InChI=1S/C30H32ClN3O3/c1-37-30(36)22-9-7-20(8-10-22)17-33-29(35)27-16-25(31)15-23-13-14-34(28(23)27)19-26-12-11-24(18-32-26)21-5-3-2-4-6-21/h2-6,11-16,18,20,22,30,36H,7-10,17,19H2,1H3,(H,33,35). The highest BCUT2D eigenvalue weighted by Gasteiger charge is 2.27. The molecule has 5 rings (SSSR count). The SMILES string of the molecule is COC(O)C1CCC(CNC(=O)c2cc(Cl)cc3ccn(Cc4ccc(-c5ccccc5)cn4)c23)CC1. The molecule has 2 N–H and O–H groups in total. The highest BCUT2D eigenvalue weighted by atomic mass is 35.5. The van der Waals surface area contributed by atoms with Gasteiger partial charge in [0, 0.05) is 47.9 Å². The zero-order chi connectivity index (χ0) is 25.8. The maximum absolute atomic E-state index is 13.3. The van der Waals surface area contributed by atoms with Crippen molar-refractivity contribution in [1.82, 2.24) is 14.9 Å². The molecule has 6 nitrogen and oxygen atoms in total. The van der Waals surface area contributed by atoms with Crippen molar-refractivity contribution >= 4 is 28.4 Å². The average Bonchev–Trinajstić information content (AvgIpc) is 3.34. The van der Waals surface area contributed by atoms with Crippen LogP contribution in [0.5, 0.6) is 0 Å². The van der Waals surface area contributed by atoms with E-state index < -0.39 is 6.29 Å². The zero-order valence-electron chi connectivity index (χ0n) is 20.9. The number of rotatable bonds is 8. The predicted octanol–water partition coefficient (Wildman–Crippen LogP) is 5.91. The predicted molar refractivity (Wildman–Crippen MR) is 147 cm³/mol. The Morgan fingerprint density at radius 1 is 1.11 bits per heavy atom. The van der Waals surface area contributed by atoms with E-state index in [0.29, 0.717) is 29.6 Å². The molecular weight excluding hydrogens is 486 g/mol. The van der Waals surface area contributed by atoms with Gasteiger partial charge in [-0.05, 0) is 61.4 Å². The smallest absolute Gasteiger partial charge is 0.253 e. The molecule has 1 saturated carbocycles. The summed E-state index contributed by atoms with van der Waals surface area (Å²) in [6, 6.07) is 19.9. The third kappa shape index (κ3) is 5.87. The Labute approximate surface area is 222 Å². The lowest BCUT2D eigenvalue weighted by Gasteiger charge is -2.30. The highest BCUT2D eigenvalue weighted by molar-refractivity contribution is 6.32. The van der Waals surface area contributed by atoms with Crippen molar-refractivity contribution in [3.8, 4) is 11.1 Å². The van der Waals surface area contributed by atoms with Crippen molar-refractivity contribution in [2.45, 2.75) is 38.5 Å². The first kappa shape index (κ1) is 25.5. The molecule has 0 saturated heterocycles. The molecule has 4 aromatic rings. The Kier molecular flexibility index (Phi) is 7.89. The molecular formula is C30H32ClN3O3. The van der Waals surface area contributed by atoms with Crippen LogP contribution in [0, 0.1) is 11.8 Å². The van der Waals surface area contributed by atoms with Crippen molar-refractivity contribution in [3.05, 3.63) is 89.3 Å². The first-order valence-electron chi connectivity index (χ1n) is 12.8. The Bertz CT molecular complexity index is 1350. The Morgan fingerprint density at radius 3 is 2.59 bits per heavy atom. The molecule has 1 aliphatic carbocycles. The fraction of sp³-hybridized carbons (Fsp3) is 0.333. The second kappa shape index (κ2) is 11.5. The van der Waals surface area contributed by atoms with Crippen molar-refractivity contribution in [1.29, 1.82) is 0 Å². The van der Waals surface area contributed by atoms with Gasteiger partial charge in [-0.3, -0.25) is 9.78 Å². The second-order valence-corrected chi connectivity index (χ2v) is 10.3. The number of hydrogen-bond donors (Lipinski definition) is 2. The number of aromatic nitrogens is 2. The third-order valence-electron chi connectivity index (χ3n) is 7.42. The number of carbonyl (C=O) groups is 1. The van der Waals surface area contributed by atoms with E-state index in [1.807, 2.05) is 48.8 Å². The number of aliphatic hydroxyl groups excluding tert-OH is 1. The topological polar surface area (TPSA) is 76.4 Å². The van der Waals surface area contributed by atoms with Gasteiger partial charge in [0.2, 0.25) is 0 Å². The second-order valence-electron chi connectivity index (χ2n) is 9.86. The van der Waals surface area contributed by atoms with Crippen LogP contribution in [-0.2, 0) is 11.3 Å². The van der Waals surface area contributed by atoms with E-state index in [-0.39, 0.29) is 11.8 Å². The van der Waals surface area contributed by atoms with Crippen LogP contribution in [0.3, 0.4) is 0 Å². The fourth-order valence-corrected chi connectivity index (χ4v) is 5.54. The number of amides is 1. The normalized spacial score (nSPS) is 18.6. The zero-order valence-corrected chi connectivity index (χ0v) is 21.7. The van der Waals surface area contributed by atoms with Crippen LogP contribution in [0.1, 0.15) is 41.7 Å². The summed E-state index contributed by atoms with van der Waals surface area (Å²) in [6.45, 7) is 1.15. The molecule has 0 radical (unpaired) electrons. The van der Waals surface area contributed by atoms with E-state index in [9.17, 15) is 9.90 Å². The van der Waals surface area contributed by atoms with Crippen molar-refractivity contribution in [3.63, 3.8) is 0 Å². The Hall–Kier alpha value is -3.19. The van der Waals surface area contributed by atoms with Crippen LogP contribution >= 0.6 is 11.6 Å². The number of fused-ring (bicyclic) bond motifs is 1. The molecule has 1 unspecified atom stereocenters. The monoisotopic (exact) mass is 517 g/mol. The van der Waals surface area contributed by atoms with Crippen LogP contribution < -0.4 is 5.32 Å².